The minimum absolute atomic E-state index is 0.216. The van der Waals surface area contributed by atoms with Crippen molar-refractivity contribution in [1.82, 2.24) is 25.2 Å². The highest BCUT2D eigenvalue weighted by molar-refractivity contribution is 5.75. The van der Waals surface area contributed by atoms with Gasteiger partial charge in [-0.15, -0.1) is 0 Å². The summed E-state index contributed by atoms with van der Waals surface area (Å²) in [5.74, 6) is 2.93. The van der Waals surface area contributed by atoms with Crippen LogP contribution in [0.5, 0.6) is 5.88 Å². The van der Waals surface area contributed by atoms with Crippen LogP contribution in [0, 0.1) is 17.8 Å². The average Bonchev–Trinajstić information content (AvgIpc) is 3.67. The van der Waals surface area contributed by atoms with E-state index in [1.54, 1.807) is 18.6 Å². The van der Waals surface area contributed by atoms with Crippen molar-refractivity contribution in [3.05, 3.63) is 72.7 Å². The van der Waals surface area contributed by atoms with E-state index >= 15 is 0 Å². The largest absolute Gasteiger partial charge is 0.470 e. The summed E-state index contributed by atoms with van der Waals surface area (Å²) in [6.45, 7) is 6.31. The van der Waals surface area contributed by atoms with E-state index in [1.807, 2.05) is 12.1 Å². The van der Waals surface area contributed by atoms with Gasteiger partial charge in [0.2, 0.25) is 5.91 Å². The van der Waals surface area contributed by atoms with Crippen molar-refractivity contribution in [2.45, 2.75) is 38.7 Å². The van der Waals surface area contributed by atoms with Crippen LogP contribution in [-0.4, -0.2) is 65.0 Å². The van der Waals surface area contributed by atoms with Gasteiger partial charge in [0.15, 0.2) is 5.82 Å². The Bertz CT molecular complexity index is 1360. The second-order valence-corrected chi connectivity index (χ2v) is 11.8. The van der Waals surface area contributed by atoms with Crippen LogP contribution in [0.15, 0.2) is 67.1 Å². The van der Waals surface area contributed by atoms with E-state index in [9.17, 15) is 4.79 Å². The Morgan fingerprint density at radius 2 is 1.81 bits per heavy atom. The minimum atomic E-state index is 0.216. The number of nitrogens with zero attached hydrogens (tertiary/aromatic N) is 5. The smallest absolute Gasteiger partial charge is 0.258 e. The fourth-order valence-electron chi connectivity index (χ4n) is 6.41. The number of carbonyl (C=O) groups is 1. The van der Waals surface area contributed by atoms with Crippen LogP contribution < -0.4 is 20.7 Å². The number of rotatable bonds is 12. The Kier molecular flexibility index (Phi) is 8.94. The quantitative estimate of drug-likeness (QED) is 0.246. The Labute approximate surface area is 248 Å². The predicted molar refractivity (Wildman–Crippen MR) is 165 cm³/mol. The summed E-state index contributed by atoms with van der Waals surface area (Å²) >= 11 is 0. The van der Waals surface area contributed by atoms with Gasteiger partial charge in [0.25, 0.3) is 5.88 Å². The van der Waals surface area contributed by atoms with Gasteiger partial charge in [-0.25, -0.2) is 9.97 Å². The van der Waals surface area contributed by atoms with Crippen molar-refractivity contribution in [3.63, 3.8) is 0 Å². The number of pyridine rings is 1. The molecule has 42 heavy (non-hydrogen) atoms. The topological polar surface area (TPSA) is 110 Å². The van der Waals surface area contributed by atoms with Gasteiger partial charge in [-0.3, -0.25) is 14.7 Å². The molecule has 6 rings (SSSR count). The molecule has 3 aromatic rings. The zero-order valence-electron chi connectivity index (χ0n) is 24.2. The lowest BCUT2D eigenvalue weighted by atomic mass is 9.93. The summed E-state index contributed by atoms with van der Waals surface area (Å²) in [5, 5.41) is 3.19. The van der Waals surface area contributed by atoms with Crippen LogP contribution in [0.2, 0.25) is 0 Å². The highest BCUT2D eigenvalue weighted by atomic mass is 16.5. The molecular formula is C33H41N7O2. The molecule has 1 saturated carbocycles. The van der Waals surface area contributed by atoms with Gasteiger partial charge in [-0.2, -0.15) is 0 Å². The third-order valence-corrected chi connectivity index (χ3v) is 8.90. The molecule has 3 aliphatic rings. The van der Waals surface area contributed by atoms with Gasteiger partial charge in [0, 0.05) is 62.8 Å². The zero-order chi connectivity index (χ0) is 28.7. The summed E-state index contributed by atoms with van der Waals surface area (Å²) in [6.07, 6.45) is 15.1. The highest BCUT2D eigenvalue weighted by Crippen LogP contribution is 2.43. The van der Waals surface area contributed by atoms with Gasteiger partial charge in [-0.1, -0.05) is 24.3 Å². The van der Waals surface area contributed by atoms with Crippen LogP contribution in [-0.2, 0) is 11.4 Å². The number of nitrogens with one attached hydrogen (secondary N) is 1. The molecule has 1 saturated heterocycles. The van der Waals surface area contributed by atoms with Crippen molar-refractivity contribution in [2.24, 2.45) is 17.8 Å². The molecule has 1 amide bonds. The number of hydrogen-bond acceptors (Lipinski definition) is 8. The van der Waals surface area contributed by atoms with Crippen LogP contribution >= 0.6 is 0 Å². The van der Waals surface area contributed by atoms with Gasteiger partial charge < -0.3 is 20.7 Å². The summed E-state index contributed by atoms with van der Waals surface area (Å²) in [6, 6.07) is 12.2. The van der Waals surface area contributed by atoms with Crippen molar-refractivity contribution in [1.29, 1.82) is 0 Å². The van der Waals surface area contributed by atoms with E-state index in [-0.39, 0.29) is 11.7 Å². The van der Waals surface area contributed by atoms with Crippen molar-refractivity contribution < 1.29 is 9.53 Å². The number of unbranched alkanes of at least 4 members (excludes halogenated alkanes) is 1. The summed E-state index contributed by atoms with van der Waals surface area (Å²) in [4.78, 5) is 30.2. The number of nitrogens with two attached hydrogens (primary N) is 1. The number of nitrogen functional groups attached to an aromatic ring is 1. The number of benzene rings is 1. The minimum Gasteiger partial charge on any atom is -0.470 e. The number of allylic oxidation sites excluding steroid dienone is 2. The summed E-state index contributed by atoms with van der Waals surface area (Å²) in [7, 11) is 0. The number of amides is 1. The lowest BCUT2D eigenvalue weighted by Gasteiger charge is -2.36. The lowest BCUT2D eigenvalue weighted by molar-refractivity contribution is -0.121. The molecule has 1 aromatic carbocycles. The first-order chi connectivity index (χ1) is 20.6. The zero-order valence-corrected chi connectivity index (χ0v) is 24.2. The van der Waals surface area contributed by atoms with E-state index in [4.69, 9.17) is 10.5 Å². The van der Waals surface area contributed by atoms with Crippen molar-refractivity contribution in [3.8, 4) is 17.1 Å². The number of fused-ring (bicyclic) bond motifs is 2. The van der Waals surface area contributed by atoms with Crippen LogP contribution in [0.3, 0.4) is 0 Å². The van der Waals surface area contributed by atoms with E-state index in [2.05, 4.69) is 66.5 Å². The average molecular weight is 568 g/mol. The molecule has 3 atom stereocenters. The molecule has 2 fully saturated rings. The normalized spacial score (nSPS) is 21.5. The summed E-state index contributed by atoms with van der Waals surface area (Å²) < 4.78 is 5.84. The first-order valence-corrected chi connectivity index (χ1v) is 15.3. The summed E-state index contributed by atoms with van der Waals surface area (Å²) in [5.41, 5.74) is 9.91. The number of ether oxygens (including phenoxy) is 1. The highest BCUT2D eigenvalue weighted by Gasteiger charge is 2.35. The molecule has 2 bridgehead atoms. The van der Waals surface area contributed by atoms with Crippen molar-refractivity contribution >= 4 is 17.4 Å². The first kappa shape index (κ1) is 28.2. The second kappa shape index (κ2) is 13.3. The van der Waals surface area contributed by atoms with E-state index < -0.39 is 0 Å². The Balaban J connectivity index is 0.906. The molecule has 2 aliphatic carbocycles. The lowest BCUT2D eigenvalue weighted by Crippen LogP contribution is -2.46. The molecule has 9 nitrogen and oxygen atoms in total. The molecule has 0 radical (unpaired) electrons. The Morgan fingerprint density at radius 1 is 1.00 bits per heavy atom. The van der Waals surface area contributed by atoms with Gasteiger partial charge >= 0.3 is 0 Å². The van der Waals surface area contributed by atoms with Crippen LogP contribution in [0.1, 0.15) is 37.7 Å². The Hall–Kier alpha value is -3.98. The number of carbonyl (C=O) groups excluding carboxylic acids is 1. The van der Waals surface area contributed by atoms with Crippen molar-refractivity contribution in [2.75, 3.05) is 49.9 Å². The first-order valence-electron chi connectivity index (χ1n) is 15.3. The maximum Gasteiger partial charge on any atom is 0.258 e. The third kappa shape index (κ3) is 7.07. The standard InChI is InChI=1S/C33H41N7O2/c34-32-33(42-23-24-10-12-35-13-11-24)38-30(22-37-32)26-6-8-29(9-7-26)40-17-15-39(16-18-40)14-2-1-3-31(41)36-21-28-20-25-4-5-27(28)19-25/h4-13,22,25,27-28H,1-3,14-21,23H2,(H2,34,37)(H,36,41). The Morgan fingerprint density at radius 3 is 2.55 bits per heavy atom. The SMILES string of the molecule is Nc1ncc(-c2ccc(N3CCN(CCCCC(=O)NCC4CC5C=CC4C5)CC3)cc2)nc1OCc1ccncc1. The number of aromatic nitrogens is 3. The van der Waals surface area contributed by atoms with E-state index in [1.165, 1.54) is 18.5 Å². The second-order valence-electron chi connectivity index (χ2n) is 11.8. The molecule has 220 valence electrons. The fourth-order valence-corrected chi connectivity index (χ4v) is 6.41. The number of piperazine rings is 1. The third-order valence-electron chi connectivity index (χ3n) is 8.90. The maximum atomic E-state index is 12.3. The monoisotopic (exact) mass is 567 g/mol. The maximum absolute atomic E-state index is 12.3. The molecule has 3 unspecified atom stereocenters. The molecule has 9 heteroatoms. The molecule has 3 heterocycles. The van der Waals surface area contributed by atoms with Crippen LogP contribution in [0.25, 0.3) is 11.3 Å². The van der Waals surface area contributed by atoms with Gasteiger partial charge in [-0.05, 0) is 79.8 Å². The van der Waals surface area contributed by atoms with E-state index in [0.717, 1.165) is 74.8 Å². The number of anilines is 2. The predicted octanol–water partition coefficient (Wildman–Crippen LogP) is 4.32. The van der Waals surface area contributed by atoms with Crippen LogP contribution in [0.4, 0.5) is 11.5 Å². The molecule has 2 aromatic heterocycles. The molecule has 3 N–H and O–H groups in total. The molecular weight excluding hydrogens is 526 g/mol. The van der Waals surface area contributed by atoms with Gasteiger partial charge in [0.05, 0.1) is 11.9 Å². The number of hydrogen-bond donors (Lipinski definition) is 2. The molecule has 1 aliphatic heterocycles. The van der Waals surface area contributed by atoms with Gasteiger partial charge in [0.1, 0.15) is 6.61 Å². The fraction of sp³-hybridized carbons (Fsp3) is 0.455. The molecule has 0 spiro atoms. The van der Waals surface area contributed by atoms with E-state index in [0.29, 0.717) is 30.7 Å².